The number of hydrogen-bond donors (Lipinski definition) is 2. The fourth-order valence-electron chi connectivity index (χ4n) is 5.32. The van der Waals surface area contributed by atoms with Crippen molar-refractivity contribution in [1.82, 2.24) is 30.4 Å². The lowest BCUT2D eigenvalue weighted by molar-refractivity contribution is -0.166. The van der Waals surface area contributed by atoms with Gasteiger partial charge in [-0.15, -0.1) is 0 Å². The summed E-state index contributed by atoms with van der Waals surface area (Å²) < 4.78 is 29.2. The van der Waals surface area contributed by atoms with Gasteiger partial charge in [-0.2, -0.15) is 0 Å². The highest BCUT2D eigenvalue weighted by Crippen LogP contribution is 2.40. The van der Waals surface area contributed by atoms with E-state index in [1.807, 2.05) is 0 Å². The molecule has 0 radical (unpaired) electrons. The van der Waals surface area contributed by atoms with E-state index in [1.54, 1.807) is 44.4 Å². The average molecular weight is 632 g/mol. The highest BCUT2D eigenvalue weighted by Gasteiger charge is 2.63. The van der Waals surface area contributed by atoms with Gasteiger partial charge < -0.3 is 10.2 Å². The van der Waals surface area contributed by atoms with Crippen LogP contribution in [0.3, 0.4) is 0 Å². The van der Waals surface area contributed by atoms with Crippen molar-refractivity contribution in [2.75, 3.05) is 13.1 Å². The molecule has 2 fully saturated rings. The van der Waals surface area contributed by atoms with E-state index in [0.29, 0.717) is 5.56 Å². The molecule has 3 aromatic rings. The maximum atomic E-state index is 14.6. The van der Waals surface area contributed by atoms with Crippen LogP contribution in [-0.2, 0) is 25.8 Å². The minimum atomic E-state index is -4.51. The minimum Gasteiger partial charge on any atom is -0.339 e. The van der Waals surface area contributed by atoms with E-state index in [9.17, 15) is 22.8 Å². The lowest BCUT2D eigenvalue weighted by Gasteiger charge is -2.57. The molecule has 2 saturated heterocycles. The first-order valence-corrected chi connectivity index (χ1v) is 15.4. The summed E-state index contributed by atoms with van der Waals surface area (Å²) in [7, 11) is -4.51. The highest BCUT2D eigenvalue weighted by atomic mass is 35.5. The van der Waals surface area contributed by atoms with E-state index >= 15 is 0 Å². The Morgan fingerprint density at radius 2 is 1.81 bits per heavy atom. The van der Waals surface area contributed by atoms with Crippen LogP contribution in [0.15, 0.2) is 72.1 Å². The normalized spacial score (nSPS) is 22.7. The van der Waals surface area contributed by atoms with Gasteiger partial charge in [-0.1, -0.05) is 29.3 Å². The number of aromatic nitrogens is 2. The fraction of sp³-hybridized carbons (Fsp3) is 0.321. The lowest BCUT2D eigenvalue weighted by Crippen LogP contribution is -2.83. The molecule has 5 rings (SSSR count). The number of sulfone groups is 1. The average Bonchev–Trinajstić information content (AvgIpc) is 2.96. The maximum absolute atomic E-state index is 14.6. The zero-order valence-corrected chi connectivity index (χ0v) is 25.0. The van der Waals surface area contributed by atoms with Crippen LogP contribution < -0.4 is 10.6 Å². The highest BCUT2D eigenvalue weighted by molar-refractivity contribution is 7.93. The molecule has 0 aliphatic carbocycles. The zero-order chi connectivity index (χ0) is 30.2. The summed E-state index contributed by atoms with van der Waals surface area (Å²) in [5.41, 5.74) is 0.835. The molecule has 220 valence electrons. The molecule has 2 aliphatic heterocycles. The molecule has 4 heterocycles. The Labute approximate surface area is 253 Å². The summed E-state index contributed by atoms with van der Waals surface area (Å²) in [5.74, 6) is -1.74. The SMILES string of the molecule is CC(C)N1CC2(S(=O)(=O)c3ccc(Cl)cc3Cl)NCC(NC(=O)c3cccnc3)C(=O)N2C(Cc2cccnc2)C1=O. The largest absolute Gasteiger partial charge is 0.339 e. The molecule has 11 nitrogen and oxygen atoms in total. The number of rotatable bonds is 7. The van der Waals surface area contributed by atoms with Gasteiger partial charge in [0.2, 0.25) is 26.6 Å². The Morgan fingerprint density at radius 3 is 2.43 bits per heavy atom. The van der Waals surface area contributed by atoms with Crippen LogP contribution in [0.1, 0.15) is 29.8 Å². The number of amides is 3. The quantitative estimate of drug-likeness (QED) is 0.405. The number of nitrogens with zero attached hydrogens (tertiary/aromatic N) is 4. The van der Waals surface area contributed by atoms with Crippen molar-refractivity contribution in [3.05, 3.63) is 88.4 Å². The van der Waals surface area contributed by atoms with Crippen LogP contribution in [0.4, 0.5) is 0 Å². The molecule has 2 aromatic heterocycles. The number of fused-ring (bicyclic) bond motifs is 1. The Kier molecular flexibility index (Phi) is 8.26. The van der Waals surface area contributed by atoms with Crippen LogP contribution >= 0.6 is 23.2 Å². The number of halogens is 2. The van der Waals surface area contributed by atoms with Crippen LogP contribution in [0.5, 0.6) is 0 Å². The summed E-state index contributed by atoms with van der Waals surface area (Å²) in [4.78, 5) is 49.5. The number of nitrogens with one attached hydrogen (secondary N) is 2. The van der Waals surface area contributed by atoms with Gasteiger partial charge in [0.25, 0.3) is 5.91 Å². The molecule has 0 saturated carbocycles. The van der Waals surface area contributed by atoms with Crippen LogP contribution in [0, 0.1) is 0 Å². The molecule has 2 N–H and O–H groups in total. The second-order valence-corrected chi connectivity index (χ2v) is 13.3. The van der Waals surface area contributed by atoms with E-state index in [-0.39, 0.29) is 40.0 Å². The summed E-state index contributed by atoms with van der Waals surface area (Å²) >= 11 is 12.5. The topological polar surface area (TPSA) is 142 Å². The predicted octanol–water partition coefficient (Wildman–Crippen LogP) is 2.30. The lowest BCUT2D eigenvalue weighted by atomic mass is 9.96. The number of benzene rings is 1. The van der Waals surface area contributed by atoms with Gasteiger partial charge in [0, 0.05) is 48.8 Å². The molecule has 0 spiro atoms. The van der Waals surface area contributed by atoms with Gasteiger partial charge in [0.1, 0.15) is 12.1 Å². The molecular weight excluding hydrogens is 603 g/mol. The third-order valence-corrected chi connectivity index (χ3v) is 10.4. The standard InChI is InChI=1S/C28H28Cl2N6O5S/c1-17(2)35-16-28(42(40,41)24-8-7-20(29)12-21(24)30)33-15-22(34-25(37)19-6-4-10-32-14-19)26(38)36(28)23(27(35)39)11-18-5-3-9-31-13-18/h3-10,12-14,17,22-23,33H,11,15-16H2,1-2H3,(H,34,37). The van der Waals surface area contributed by atoms with Gasteiger partial charge in [-0.05, 0) is 55.8 Å². The molecule has 2 aliphatic rings. The van der Waals surface area contributed by atoms with Crippen molar-refractivity contribution < 1.29 is 22.8 Å². The Hall–Kier alpha value is -3.58. The monoisotopic (exact) mass is 630 g/mol. The van der Waals surface area contributed by atoms with Crippen molar-refractivity contribution in [2.45, 2.75) is 48.3 Å². The van der Waals surface area contributed by atoms with Gasteiger partial charge >= 0.3 is 0 Å². The second-order valence-electron chi connectivity index (χ2n) is 10.4. The first kappa shape index (κ1) is 29.9. The molecule has 3 amide bonds. The Balaban J connectivity index is 1.65. The number of carbonyl (C=O) groups excluding carboxylic acids is 3. The van der Waals surface area contributed by atoms with E-state index in [2.05, 4.69) is 20.6 Å². The van der Waals surface area contributed by atoms with Crippen molar-refractivity contribution in [1.29, 1.82) is 0 Å². The first-order chi connectivity index (χ1) is 20.0. The number of piperazine rings is 1. The predicted molar refractivity (Wildman–Crippen MR) is 155 cm³/mol. The minimum absolute atomic E-state index is 0.0157. The van der Waals surface area contributed by atoms with E-state index in [4.69, 9.17) is 23.2 Å². The number of carbonyl (C=O) groups is 3. The van der Waals surface area contributed by atoms with E-state index < -0.39 is 50.7 Å². The van der Waals surface area contributed by atoms with Crippen LogP contribution in [-0.4, -0.2) is 82.1 Å². The van der Waals surface area contributed by atoms with Gasteiger partial charge in [-0.25, -0.2) is 8.42 Å². The van der Waals surface area contributed by atoms with E-state index in [1.165, 1.54) is 41.6 Å². The molecule has 0 bridgehead atoms. The smallest absolute Gasteiger partial charge is 0.253 e. The molecular formula is C28H28Cl2N6O5S. The van der Waals surface area contributed by atoms with Gasteiger partial charge in [0.05, 0.1) is 22.0 Å². The fourth-order valence-corrected chi connectivity index (χ4v) is 8.02. The first-order valence-electron chi connectivity index (χ1n) is 13.1. The Bertz CT molecular complexity index is 1630. The van der Waals surface area contributed by atoms with Gasteiger partial charge in [-0.3, -0.25) is 34.6 Å². The van der Waals surface area contributed by atoms with Crippen molar-refractivity contribution >= 4 is 50.8 Å². The maximum Gasteiger partial charge on any atom is 0.253 e. The molecule has 3 unspecified atom stereocenters. The summed E-state index contributed by atoms with van der Waals surface area (Å²) in [6.07, 6.45) is 5.97. The third kappa shape index (κ3) is 5.24. The molecule has 42 heavy (non-hydrogen) atoms. The zero-order valence-electron chi connectivity index (χ0n) is 22.7. The number of pyridine rings is 2. The molecule has 1 aromatic carbocycles. The van der Waals surface area contributed by atoms with Gasteiger partial charge in [0.15, 0.2) is 0 Å². The van der Waals surface area contributed by atoms with Crippen LogP contribution in [0.25, 0.3) is 0 Å². The summed E-state index contributed by atoms with van der Waals surface area (Å²) in [5, 5.41) is 5.83. The van der Waals surface area contributed by atoms with E-state index in [0.717, 1.165) is 4.90 Å². The summed E-state index contributed by atoms with van der Waals surface area (Å²) in [6.45, 7) is 2.94. The number of hydrogen-bond acceptors (Lipinski definition) is 8. The van der Waals surface area contributed by atoms with Crippen LogP contribution in [0.2, 0.25) is 10.0 Å². The Morgan fingerprint density at radius 1 is 1.10 bits per heavy atom. The van der Waals surface area contributed by atoms with Crippen molar-refractivity contribution in [3.8, 4) is 0 Å². The summed E-state index contributed by atoms with van der Waals surface area (Å²) in [6, 6.07) is 7.70. The second kappa shape index (κ2) is 11.6. The molecule has 3 atom stereocenters. The third-order valence-electron chi connectivity index (χ3n) is 7.40. The molecule has 14 heteroatoms. The van der Waals surface area contributed by atoms with Crippen molar-refractivity contribution in [3.63, 3.8) is 0 Å². The van der Waals surface area contributed by atoms with Crippen molar-refractivity contribution in [2.24, 2.45) is 0 Å².